The molecule has 0 aliphatic carbocycles. The Morgan fingerprint density at radius 2 is 1.96 bits per heavy atom. The van der Waals surface area contributed by atoms with Gasteiger partial charge in [0.1, 0.15) is 0 Å². The van der Waals surface area contributed by atoms with E-state index in [0.29, 0.717) is 13.2 Å². The van der Waals surface area contributed by atoms with Crippen molar-refractivity contribution in [1.29, 1.82) is 0 Å². The van der Waals surface area contributed by atoms with Crippen LogP contribution in [0.1, 0.15) is 11.1 Å². The minimum Gasteiger partial charge on any atom is -0.493 e. The van der Waals surface area contributed by atoms with E-state index in [4.69, 9.17) is 9.47 Å². The Morgan fingerprint density at radius 1 is 1.22 bits per heavy atom. The van der Waals surface area contributed by atoms with Crippen molar-refractivity contribution in [1.82, 2.24) is 5.32 Å². The predicted octanol–water partition coefficient (Wildman–Crippen LogP) is 2.01. The van der Waals surface area contributed by atoms with Gasteiger partial charge in [0.25, 0.3) is 0 Å². The smallest absolute Gasteiger partial charge is 0.224 e. The van der Waals surface area contributed by atoms with Gasteiger partial charge in [0, 0.05) is 18.7 Å². The number of amides is 1. The molecule has 7 heteroatoms. The number of ether oxygens (including phenoxy) is 2. The standard InChI is InChI=1S/C20H23NO5S/c1-25-18-5-3-4-16-10-15(13-26-20(16)18)12-21-19(22)11-14-6-8-17(9-7-14)27(2,23)24/h3-9,15H,10-13H2,1-2H3,(H,21,22)/t15-/m0/s1. The molecule has 0 bridgehead atoms. The zero-order chi connectivity index (χ0) is 19.4. The summed E-state index contributed by atoms with van der Waals surface area (Å²) in [7, 11) is -1.61. The summed E-state index contributed by atoms with van der Waals surface area (Å²) in [5, 5.41) is 2.94. The van der Waals surface area contributed by atoms with Crippen molar-refractivity contribution >= 4 is 15.7 Å². The molecule has 1 heterocycles. The predicted molar refractivity (Wildman–Crippen MR) is 102 cm³/mol. The van der Waals surface area contributed by atoms with Gasteiger partial charge in [-0.25, -0.2) is 8.42 Å². The summed E-state index contributed by atoms with van der Waals surface area (Å²) in [6.45, 7) is 1.05. The van der Waals surface area contributed by atoms with Crippen molar-refractivity contribution in [3.8, 4) is 11.5 Å². The van der Waals surface area contributed by atoms with E-state index in [1.54, 1.807) is 19.2 Å². The summed E-state index contributed by atoms with van der Waals surface area (Å²) in [6.07, 6.45) is 2.19. The lowest BCUT2D eigenvalue weighted by Crippen LogP contribution is -2.35. The van der Waals surface area contributed by atoms with Crippen LogP contribution in [0, 0.1) is 5.92 Å². The van der Waals surface area contributed by atoms with Crippen LogP contribution in [0.4, 0.5) is 0 Å². The third kappa shape index (κ3) is 4.80. The number of fused-ring (bicyclic) bond motifs is 1. The summed E-state index contributed by atoms with van der Waals surface area (Å²) in [6, 6.07) is 12.2. The monoisotopic (exact) mass is 389 g/mol. The van der Waals surface area contributed by atoms with Crippen LogP contribution in [0.25, 0.3) is 0 Å². The van der Waals surface area contributed by atoms with Crippen LogP contribution in [-0.4, -0.2) is 40.8 Å². The van der Waals surface area contributed by atoms with Gasteiger partial charge in [0.05, 0.1) is 25.0 Å². The molecule has 1 N–H and O–H groups in total. The molecule has 1 aliphatic rings. The Balaban J connectivity index is 1.52. The molecule has 0 unspecified atom stereocenters. The lowest BCUT2D eigenvalue weighted by atomic mass is 9.96. The third-order valence-corrected chi connectivity index (χ3v) is 5.68. The number of rotatable bonds is 6. The molecule has 27 heavy (non-hydrogen) atoms. The molecule has 1 aliphatic heterocycles. The third-order valence-electron chi connectivity index (χ3n) is 4.56. The van der Waals surface area contributed by atoms with Crippen LogP contribution in [0.2, 0.25) is 0 Å². The van der Waals surface area contributed by atoms with E-state index in [9.17, 15) is 13.2 Å². The van der Waals surface area contributed by atoms with Crippen LogP contribution in [0.3, 0.4) is 0 Å². The fourth-order valence-electron chi connectivity index (χ4n) is 3.11. The molecule has 1 atom stereocenters. The molecule has 0 saturated carbocycles. The minimum absolute atomic E-state index is 0.0986. The molecular formula is C20H23NO5S. The highest BCUT2D eigenvalue weighted by Crippen LogP contribution is 2.35. The van der Waals surface area contributed by atoms with Gasteiger partial charge in [-0.1, -0.05) is 24.3 Å². The fourth-order valence-corrected chi connectivity index (χ4v) is 3.74. The molecule has 6 nitrogen and oxygen atoms in total. The summed E-state index contributed by atoms with van der Waals surface area (Å²) in [5.41, 5.74) is 1.85. The van der Waals surface area contributed by atoms with Crippen molar-refractivity contribution in [2.24, 2.45) is 5.92 Å². The first-order valence-corrected chi connectivity index (χ1v) is 10.6. The lowest BCUT2D eigenvalue weighted by molar-refractivity contribution is -0.120. The van der Waals surface area contributed by atoms with Gasteiger partial charge in [0.15, 0.2) is 21.3 Å². The summed E-state index contributed by atoms with van der Waals surface area (Å²) >= 11 is 0. The van der Waals surface area contributed by atoms with Gasteiger partial charge in [-0.2, -0.15) is 0 Å². The normalized spacial score (nSPS) is 16.1. The first-order valence-electron chi connectivity index (χ1n) is 8.71. The molecule has 1 amide bonds. The largest absolute Gasteiger partial charge is 0.493 e. The number of methoxy groups -OCH3 is 1. The maximum atomic E-state index is 12.2. The molecule has 0 saturated heterocycles. The number of benzene rings is 2. The second kappa shape index (κ2) is 8.00. The number of hydrogen-bond donors (Lipinski definition) is 1. The molecule has 2 aromatic carbocycles. The van der Waals surface area contributed by atoms with E-state index >= 15 is 0 Å². The van der Waals surface area contributed by atoms with Crippen LogP contribution in [0.5, 0.6) is 11.5 Å². The SMILES string of the molecule is COc1cccc2c1OC[C@H](CNC(=O)Cc1ccc(S(C)(=O)=O)cc1)C2. The number of carbonyl (C=O) groups excluding carboxylic acids is 1. The zero-order valence-corrected chi connectivity index (χ0v) is 16.2. The summed E-state index contributed by atoms with van der Waals surface area (Å²) < 4.78 is 34.1. The van der Waals surface area contributed by atoms with E-state index in [0.717, 1.165) is 35.3 Å². The molecule has 2 aromatic rings. The summed E-state index contributed by atoms with van der Waals surface area (Å²) in [4.78, 5) is 12.4. The van der Waals surface area contributed by atoms with Gasteiger partial charge in [-0.3, -0.25) is 4.79 Å². The molecule has 3 rings (SSSR count). The second-order valence-electron chi connectivity index (χ2n) is 6.73. The number of nitrogens with one attached hydrogen (secondary N) is 1. The van der Waals surface area contributed by atoms with Crippen LogP contribution < -0.4 is 14.8 Å². The average molecular weight is 389 g/mol. The Bertz CT molecular complexity index is 922. The zero-order valence-electron chi connectivity index (χ0n) is 15.4. The van der Waals surface area contributed by atoms with Crippen molar-refractivity contribution in [2.75, 3.05) is 26.5 Å². The quantitative estimate of drug-likeness (QED) is 0.817. The molecule has 0 aromatic heterocycles. The average Bonchev–Trinajstić information content (AvgIpc) is 2.65. The highest BCUT2D eigenvalue weighted by molar-refractivity contribution is 7.90. The van der Waals surface area contributed by atoms with Gasteiger partial charge in [-0.05, 0) is 35.7 Å². The topological polar surface area (TPSA) is 81.7 Å². The highest BCUT2D eigenvalue weighted by Gasteiger charge is 2.23. The molecule has 144 valence electrons. The van der Waals surface area contributed by atoms with E-state index in [1.165, 1.54) is 12.1 Å². The first kappa shape index (κ1) is 19.2. The Morgan fingerprint density at radius 3 is 2.63 bits per heavy atom. The van der Waals surface area contributed by atoms with Crippen LogP contribution in [0.15, 0.2) is 47.4 Å². The maximum Gasteiger partial charge on any atom is 0.224 e. The van der Waals surface area contributed by atoms with E-state index in [-0.39, 0.29) is 23.1 Å². The van der Waals surface area contributed by atoms with E-state index in [2.05, 4.69) is 5.32 Å². The first-order chi connectivity index (χ1) is 12.9. The van der Waals surface area contributed by atoms with E-state index in [1.807, 2.05) is 18.2 Å². The van der Waals surface area contributed by atoms with Crippen molar-refractivity contribution < 1.29 is 22.7 Å². The number of carbonyl (C=O) groups is 1. The van der Waals surface area contributed by atoms with Gasteiger partial charge in [0.2, 0.25) is 5.91 Å². The van der Waals surface area contributed by atoms with Gasteiger partial charge < -0.3 is 14.8 Å². The summed E-state index contributed by atoms with van der Waals surface area (Å²) in [5.74, 6) is 1.61. The fraction of sp³-hybridized carbons (Fsp3) is 0.350. The maximum absolute atomic E-state index is 12.2. The van der Waals surface area contributed by atoms with Crippen LogP contribution >= 0.6 is 0 Å². The number of hydrogen-bond acceptors (Lipinski definition) is 5. The van der Waals surface area contributed by atoms with Crippen LogP contribution in [-0.2, 0) is 27.5 Å². The molecule has 0 spiro atoms. The molecule has 0 fully saturated rings. The van der Waals surface area contributed by atoms with Crippen molar-refractivity contribution in [2.45, 2.75) is 17.7 Å². The second-order valence-corrected chi connectivity index (χ2v) is 8.74. The minimum atomic E-state index is -3.23. The lowest BCUT2D eigenvalue weighted by Gasteiger charge is -2.26. The number of para-hydroxylation sites is 1. The van der Waals surface area contributed by atoms with Gasteiger partial charge in [-0.15, -0.1) is 0 Å². The Labute approximate surface area is 159 Å². The van der Waals surface area contributed by atoms with Crippen molar-refractivity contribution in [3.05, 3.63) is 53.6 Å². The number of sulfone groups is 1. The molecule has 0 radical (unpaired) electrons. The Kier molecular flexibility index (Phi) is 5.70. The molecular weight excluding hydrogens is 366 g/mol. The van der Waals surface area contributed by atoms with Crippen molar-refractivity contribution in [3.63, 3.8) is 0 Å². The Hall–Kier alpha value is -2.54. The van der Waals surface area contributed by atoms with E-state index < -0.39 is 9.84 Å². The highest BCUT2D eigenvalue weighted by atomic mass is 32.2. The van der Waals surface area contributed by atoms with Gasteiger partial charge >= 0.3 is 0 Å².